The Balaban J connectivity index is 2.32. The maximum Gasteiger partial charge on any atom is 0.169 e. The van der Waals surface area contributed by atoms with Gasteiger partial charge in [-0.1, -0.05) is 6.92 Å². The highest BCUT2D eigenvalue weighted by Crippen LogP contribution is 2.23. The zero-order valence-electron chi connectivity index (χ0n) is 10.1. The Morgan fingerprint density at radius 1 is 1.65 bits per heavy atom. The van der Waals surface area contributed by atoms with E-state index in [2.05, 4.69) is 28.1 Å². The van der Waals surface area contributed by atoms with Crippen LogP contribution in [0.1, 0.15) is 25.8 Å². The molecule has 2 unspecified atom stereocenters. The summed E-state index contributed by atoms with van der Waals surface area (Å²) in [5.74, 6) is 0.678. The first kappa shape index (κ1) is 11.8. The average Bonchev–Trinajstić information content (AvgIpc) is 2.38. The molecule has 1 saturated heterocycles. The Bertz CT molecular complexity index is 429. The van der Waals surface area contributed by atoms with E-state index in [-0.39, 0.29) is 12.1 Å². The largest absolute Gasteiger partial charge is 0.375 e. The van der Waals surface area contributed by atoms with Gasteiger partial charge in [0.2, 0.25) is 0 Å². The summed E-state index contributed by atoms with van der Waals surface area (Å²) in [6.07, 6.45) is 2.67. The van der Waals surface area contributed by atoms with E-state index in [1.54, 1.807) is 12.3 Å². The quantitative estimate of drug-likeness (QED) is 0.770. The van der Waals surface area contributed by atoms with E-state index in [9.17, 15) is 0 Å². The zero-order valence-corrected chi connectivity index (χ0v) is 10.1. The molecule has 1 aliphatic heterocycles. The van der Waals surface area contributed by atoms with E-state index in [0.29, 0.717) is 18.0 Å². The minimum Gasteiger partial charge on any atom is -0.375 e. The molecule has 2 rings (SSSR count). The molecule has 1 aliphatic rings. The first-order chi connectivity index (χ1) is 8.26. The molecule has 0 spiro atoms. The predicted octanol–water partition coefficient (Wildman–Crippen LogP) is 1.35. The molecule has 1 fully saturated rings. The zero-order chi connectivity index (χ0) is 12.3. The number of morpholine rings is 1. The van der Waals surface area contributed by atoms with Gasteiger partial charge in [-0.2, -0.15) is 10.4 Å². The van der Waals surface area contributed by atoms with Crippen molar-refractivity contribution in [3.05, 3.63) is 17.8 Å². The van der Waals surface area contributed by atoms with Gasteiger partial charge in [0, 0.05) is 6.54 Å². The Morgan fingerprint density at radius 2 is 2.47 bits per heavy atom. The number of anilines is 1. The van der Waals surface area contributed by atoms with E-state index in [1.807, 2.05) is 6.92 Å². The maximum absolute atomic E-state index is 9.10. The molecule has 17 heavy (non-hydrogen) atoms. The minimum absolute atomic E-state index is 0.159. The lowest BCUT2D eigenvalue weighted by atomic mass is 10.1. The van der Waals surface area contributed by atoms with Crippen molar-refractivity contribution < 1.29 is 4.74 Å². The summed E-state index contributed by atoms with van der Waals surface area (Å²) < 4.78 is 5.63. The summed E-state index contributed by atoms with van der Waals surface area (Å²) in [5.41, 5.74) is 0.576. The topological polar surface area (TPSA) is 62.0 Å². The van der Waals surface area contributed by atoms with Gasteiger partial charge in [0.05, 0.1) is 30.5 Å². The van der Waals surface area contributed by atoms with Gasteiger partial charge in [0.25, 0.3) is 0 Å². The maximum atomic E-state index is 9.10. The third kappa shape index (κ3) is 2.37. The van der Waals surface area contributed by atoms with Crippen molar-refractivity contribution in [2.75, 3.05) is 18.1 Å². The lowest BCUT2D eigenvalue weighted by Crippen LogP contribution is -2.49. The fourth-order valence-electron chi connectivity index (χ4n) is 2.07. The molecule has 1 aromatic heterocycles. The van der Waals surface area contributed by atoms with Crippen LogP contribution in [-0.4, -0.2) is 35.5 Å². The van der Waals surface area contributed by atoms with E-state index in [1.165, 1.54) is 0 Å². The number of rotatable bonds is 2. The summed E-state index contributed by atoms with van der Waals surface area (Å²) in [7, 11) is 0. The summed E-state index contributed by atoms with van der Waals surface area (Å²) >= 11 is 0. The number of hydrogen-bond donors (Lipinski definition) is 0. The van der Waals surface area contributed by atoms with Gasteiger partial charge in [0.1, 0.15) is 6.07 Å². The third-order valence-corrected chi connectivity index (χ3v) is 3.03. The van der Waals surface area contributed by atoms with Crippen LogP contribution < -0.4 is 4.90 Å². The van der Waals surface area contributed by atoms with Gasteiger partial charge in [0.15, 0.2) is 5.82 Å². The molecule has 0 bridgehead atoms. The number of nitriles is 1. The summed E-state index contributed by atoms with van der Waals surface area (Å²) in [6.45, 7) is 5.58. The van der Waals surface area contributed by atoms with Crippen LogP contribution in [0.3, 0.4) is 0 Å². The number of nitrogens with zero attached hydrogens (tertiary/aromatic N) is 4. The molecule has 0 saturated carbocycles. The lowest BCUT2D eigenvalue weighted by Gasteiger charge is -2.39. The van der Waals surface area contributed by atoms with Gasteiger partial charge >= 0.3 is 0 Å². The monoisotopic (exact) mass is 232 g/mol. The SMILES string of the molecule is CCC1COC(C)CN1c1nnccc1C#N. The molecule has 0 aromatic carbocycles. The number of hydrogen-bond acceptors (Lipinski definition) is 5. The second-order valence-electron chi connectivity index (χ2n) is 4.24. The van der Waals surface area contributed by atoms with Crippen LogP contribution in [0.25, 0.3) is 0 Å². The first-order valence-electron chi connectivity index (χ1n) is 5.86. The molecular weight excluding hydrogens is 216 g/mol. The predicted molar refractivity (Wildman–Crippen MR) is 63.6 cm³/mol. The minimum atomic E-state index is 0.159. The van der Waals surface area contributed by atoms with E-state index >= 15 is 0 Å². The normalized spacial score (nSPS) is 24.4. The van der Waals surface area contributed by atoms with Crippen LogP contribution in [0.5, 0.6) is 0 Å². The molecule has 2 atom stereocenters. The van der Waals surface area contributed by atoms with Crippen molar-refractivity contribution >= 4 is 5.82 Å². The molecule has 5 nitrogen and oxygen atoms in total. The van der Waals surface area contributed by atoms with Crippen molar-refractivity contribution in [2.24, 2.45) is 0 Å². The third-order valence-electron chi connectivity index (χ3n) is 3.03. The number of ether oxygens (including phenoxy) is 1. The Morgan fingerprint density at radius 3 is 3.18 bits per heavy atom. The molecule has 0 N–H and O–H groups in total. The van der Waals surface area contributed by atoms with Crippen LogP contribution >= 0.6 is 0 Å². The van der Waals surface area contributed by atoms with Gasteiger partial charge in [-0.05, 0) is 19.4 Å². The Hall–Kier alpha value is -1.67. The summed E-state index contributed by atoms with van der Waals surface area (Å²) in [4.78, 5) is 2.14. The van der Waals surface area contributed by atoms with Gasteiger partial charge < -0.3 is 9.64 Å². The highest BCUT2D eigenvalue weighted by molar-refractivity contribution is 5.53. The average molecular weight is 232 g/mol. The fourth-order valence-corrected chi connectivity index (χ4v) is 2.07. The lowest BCUT2D eigenvalue weighted by molar-refractivity contribution is 0.0295. The molecule has 90 valence electrons. The molecule has 2 heterocycles. The van der Waals surface area contributed by atoms with Crippen molar-refractivity contribution in [3.8, 4) is 6.07 Å². The highest BCUT2D eigenvalue weighted by Gasteiger charge is 2.28. The van der Waals surface area contributed by atoms with Gasteiger partial charge in [-0.15, -0.1) is 5.10 Å². The van der Waals surface area contributed by atoms with E-state index in [0.717, 1.165) is 13.0 Å². The second kappa shape index (κ2) is 5.11. The van der Waals surface area contributed by atoms with Crippen molar-refractivity contribution in [3.63, 3.8) is 0 Å². The van der Waals surface area contributed by atoms with Crippen molar-refractivity contribution in [1.29, 1.82) is 5.26 Å². The molecule has 5 heteroatoms. The highest BCUT2D eigenvalue weighted by atomic mass is 16.5. The number of aromatic nitrogens is 2. The van der Waals surface area contributed by atoms with Crippen LogP contribution in [0.15, 0.2) is 12.3 Å². The first-order valence-corrected chi connectivity index (χ1v) is 5.86. The summed E-state index contributed by atoms with van der Waals surface area (Å²) in [5, 5.41) is 17.1. The molecular formula is C12H16N4O. The molecule has 0 radical (unpaired) electrons. The van der Waals surface area contributed by atoms with Gasteiger partial charge in [-0.3, -0.25) is 0 Å². The Labute approximate surface area is 101 Å². The molecule has 0 aliphatic carbocycles. The van der Waals surface area contributed by atoms with Gasteiger partial charge in [-0.25, -0.2) is 0 Å². The molecule has 0 amide bonds. The van der Waals surface area contributed by atoms with Crippen LogP contribution in [0, 0.1) is 11.3 Å². The second-order valence-corrected chi connectivity index (χ2v) is 4.24. The van der Waals surface area contributed by atoms with E-state index < -0.39 is 0 Å². The standard InChI is InChI=1S/C12H16N4O/c1-3-11-8-17-9(2)7-16(11)12-10(6-13)4-5-14-15-12/h4-5,9,11H,3,7-8H2,1-2H3. The van der Waals surface area contributed by atoms with Crippen molar-refractivity contribution in [1.82, 2.24) is 10.2 Å². The fraction of sp³-hybridized carbons (Fsp3) is 0.583. The smallest absolute Gasteiger partial charge is 0.169 e. The van der Waals surface area contributed by atoms with Crippen LogP contribution in [0.2, 0.25) is 0 Å². The Kier molecular flexibility index (Phi) is 3.55. The van der Waals surface area contributed by atoms with Crippen molar-refractivity contribution in [2.45, 2.75) is 32.4 Å². The molecule has 1 aromatic rings. The summed E-state index contributed by atoms with van der Waals surface area (Å²) in [6, 6.07) is 4.14. The van der Waals surface area contributed by atoms with Crippen LogP contribution in [0.4, 0.5) is 5.82 Å². The van der Waals surface area contributed by atoms with E-state index in [4.69, 9.17) is 10.00 Å². The van der Waals surface area contributed by atoms with Crippen LogP contribution in [-0.2, 0) is 4.74 Å².